The highest BCUT2D eigenvalue weighted by Gasteiger charge is 2.11. The Morgan fingerprint density at radius 3 is 2.88 bits per heavy atom. The molecule has 0 amide bonds. The van der Waals surface area contributed by atoms with Gasteiger partial charge in [0.05, 0.1) is 17.7 Å². The maximum atomic E-state index is 8.78. The van der Waals surface area contributed by atoms with Gasteiger partial charge in [-0.3, -0.25) is 0 Å². The molecular formula is C11H12N6. The minimum absolute atomic E-state index is 0.0413. The summed E-state index contributed by atoms with van der Waals surface area (Å²) < 4.78 is 0. The Labute approximate surface area is 98.7 Å². The van der Waals surface area contributed by atoms with Gasteiger partial charge in [0.1, 0.15) is 0 Å². The summed E-state index contributed by atoms with van der Waals surface area (Å²) in [4.78, 5) is 0. The number of aromatic amines is 1. The van der Waals surface area contributed by atoms with Crippen LogP contribution in [0.1, 0.15) is 29.9 Å². The van der Waals surface area contributed by atoms with Crippen LogP contribution >= 0.6 is 0 Å². The average Bonchev–Trinajstić information content (AvgIpc) is 2.85. The zero-order chi connectivity index (χ0) is 12.3. The van der Waals surface area contributed by atoms with Crippen LogP contribution in [0.2, 0.25) is 0 Å². The van der Waals surface area contributed by atoms with E-state index in [9.17, 15) is 0 Å². The third kappa shape index (κ3) is 2.39. The molecule has 0 fully saturated rings. The number of nitriles is 1. The molecule has 6 heteroatoms. The third-order valence-electron chi connectivity index (χ3n) is 2.48. The van der Waals surface area contributed by atoms with Crippen LogP contribution in [0.15, 0.2) is 18.2 Å². The van der Waals surface area contributed by atoms with Gasteiger partial charge in [-0.1, -0.05) is 5.21 Å². The molecule has 0 radical (unpaired) electrons. The normalized spacial score (nSPS) is 11.8. The van der Waals surface area contributed by atoms with E-state index in [0.717, 1.165) is 11.3 Å². The van der Waals surface area contributed by atoms with Gasteiger partial charge in [0.2, 0.25) is 0 Å². The molecule has 0 aliphatic carbocycles. The summed E-state index contributed by atoms with van der Waals surface area (Å²) in [7, 11) is 0. The van der Waals surface area contributed by atoms with E-state index in [2.05, 4.69) is 32.0 Å². The van der Waals surface area contributed by atoms with Crippen molar-refractivity contribution in [3.05, 3.63) is 35.2 Å². The fourth-order valence-corrected chi connectivity index (χ4v) is 1.55. The first-order valence-corrected chi connectivity index (χ1v) is 5.21. The molecule has 2 aromatic rings. The molecule has 1 heterocycles. The summed E-state index contributed by atoms with van der Waals surface area (Å²) >= 11 is 0. The lowest BCUT2D eigenvalue weighted by Crippen LogP contribution is -2.09. The number of aromatic nitrogens is 4. The Bertz CT molecular complexity index is 540. The van der Waals surface area contributed by atoms with Crippen molar-refractivity contribution < 1.29 is 0 Å². The molecule has 2 N–H and O–H groups in total. The highest BCUT2D eigenvalue weighted by atomic mass is 15.5. The van der Waals surface area contributed by atoms with E-state index in [4.69, 9.17) is 5.26 Å². The van der Waals surface area contributed by atoms with Crippen molar-refractivity contribution in [2.45, 2.75) is 19.9 Å². The molecule has 1 atom stereocenters. The summed E-state index contributed by atoms with van der Waals surface area (Å²) in [6.45, 7) is 3.90. The number of nitrogens with zero attached hydrogens (tertiary/aromatic N) is 4. The number of hydrogen-bond donors (Lipinski definition) is 2. The molecule has 17 heavy (non-hydrogen) atoms. The molecule has 6 nitrogen and oxygen atoms in total. The summed E-state index contributed by atoms with van der Waals surface area (Å²) in [5.74, 6) is 0.605. The Morgan fingerprint density at radius 2 is 2.29 bits per heavy atom. The number of benzene rings is 1. The Kier molecular flexibility index (Phi) is 3.01. The lowest BCUT2D eigenvalue weighted by molar-refractivity contribution is 0.792. The molecule has 1 aromatic heterocycles. The predicted molar refractivity (Wildman–Crippen MR) is 62.1 cm³/mol. The zero-order valence-corrected chi connectivity index (χ0v) is 9.60. The topological polar surface area (TPSA) is 90.3 Å². The van der Waals surface area contributed by atoms with E-state index in [1.54, 1.807) is 6.07 Å². The van der Waals surface area contributed by atoms with E-state index in [-0.39, 0.29) is 6.04 Å². The number of anilines is 1. The Morgan fingerprint density at radius 1 is 1.47 bits per heavy atom. The molecule has 0 saturated carbocycles. The first kappa shape index (κ1) is 11.1. The second-order valence-corrected chi connectivity index (χ2v) is 3.78. The second-order valence-electron chi connectivity index (χ2n) is 3.78. The smallest absolute Gasteiger partial charge is 0.196 e. The van der Waals surface area contributed by atoms with E-state index >= 15 is 0 Å². The van der Waals surface area contributed by atoms with Gasteiger partial charge in [0.25, 0.3) is 0 Å². The monoisotopic (exact) mass is 228 g/mol. The second kappa shape index (κ2) is 4.61. The zero-order valence-electron chi connectivity index (χ0n) is 9.60. The van der Waals surface area contributed by atoms with Crippen molar-refractivity contribution in [3.8, 4) is 6.07 Å². The van der Waals surface area contributed by atoms with E-state index in [1.165, 1.54) is 0 Å². The van der Waals surface area contributed by atoms with Crippen LogP contribution in [0.3, 0.4) is 0 Å². The largest absolute Gasteiger partial charge is 0.375 e. The molecule has 1 unspecified atom stereocenters. The molecule has 0 aliphatic heterocycles. The molecular weight excluding hydrogens is 216 g/mol. The lowest BCUT2D eigenvalue weighted by atomic mass is 10.1. The number of hydrogen-bond acceptors (Lipinski definition) is 5. The van der Waals surface area contributed by atoms with Crippen LogP contribution in [0.25, 0.3) is 0 Å². The quantitative estimate of drug-likeness (QED) is 0.831. The van der Waals surface area contributed by atoms with Crippen LogP contribution in [0, 0.1) is 18.3 Å². The number of H-pyrrole nitrogens is 1. The number of tetrazole rings is 1. The van der Waals surface area contributed by atoms with Crippen LogP contribution < -0.4 is 5.32 Å². The number of rotatable bonds is 3. The fraction of sp³-hybridized carbons (Fsp3) is 0.273. The van der Waals surface area contributed by atoms with Gasteiger partial charge >= 0.3 is 0 Å². The minimum atomic E-state index is -0.0413. The van der Waals surface area contributed by atoms with Crippen molar-refractivity contribution >= 4 is 5.69 Å². The summed E-state index contributed by atoms with van der Waals surface area (Å²) in [6.07, 6.45) is 0. The van der Waals surface area contributed by atoms with Crippen LogP contribution in [0.5, 0.6) is 0 Å². The Balaban J connectivity index is 2.17. The van der Waals surface area contributed by atoms with Gasteiger partial charge in [-0.25, -0.2) is 0 Å². The summed E-state index contributed by atoms with van der Waals surface area (Å²) in [6, 6.07) is 7.56. The van der Waals surface area contributed by atoms with E-state index in [0.29, 0.717) is 11.4 Å². The van der Waals surface area contributed by atoms with Gasteiger partial charge in [-0.2, -0.15) is 10.5 Å². The first-order chi connectivity index (χ1) is 8.20. The highest BCUT2D eigenvalue weighted by Crippen LogP contribution is 2.20. The average molecular weight is 228 g/mol. The van der Waals surface area contributed by atoms with Gasteiger partial charge in [-0.05, 0) is 37.6 Å². The maximum Gasteiger partial charge on any atom is 0.196 e. The first-order valence-electron chi connectivity index (χ1n) is 5.21. The number of nitrogens with one attached hydrogen (secondary N) is 2. The molecule has 86 valence electrons. The standard InChI is InChI=1S/C11H12N6/c1-7-5-9(6-12)3-4-10(7)13-8(2)11-14-16-17-15-11/h3-5,8,13H,1-2H3,(H,14,15,16,17). The molecule has 0 aliphatic rings. The van der Waals surface area contributed by atoms with Crippen LogP contribution in [0.4, 0.5) is 5.69 Å². The SMILES string of the molecule is Cc1cc(C#N)ccc1NC(C)c1nn[nH]n1. The molecule has 0 spiro atoms. The highest BCUT2D eigenvalue weighted by molar-refractivity contribution is 5.54. The van der Waals surface area contributed by atoms with Crippen molar-refractivity contribution in [2.75, 3.05) is 5.32 Å². The molecule has 0 bridgehead atoms. The summed E-state index contributed by atoms with van der Waals surface area (Å²) in [5, 5.41) is 25.8. The van der Waals surface area contributed by atoms with Crippen LogP contribution in [-0.4, -0.2) is 20.6 Å². The van der Waals surface area contributed by atoms with Gasteiger partial charge in [-0.15, -0.1) is 10.2 Å². The molecule has 2 rings (SSSR count). The summed E-state index contributed by atoms with van der Waals surface area (Å²) in [5.41, 5.74) is 2.63. The van der Waals surface area contributed by atoms with Crippen molar-refractivity contribution in [1.82, 2.24) is 20.6 Å². The van der Waals surface area contributed by atoms with Crippen molar-refractivity contribution in [1.29, 1.82) is 5.26 Å². The van der Waals surface area contributed by atoms with Gasteiger partial charge < -0.3 is 5.32 Å². The van der Waals surface area contributed by atoms with Gasteiger partial charge in [0.15, 0.2) is 5.82 Å². The maximum absolute atomic E-state index is 8.78. The van der Waals surface area contributed by atoms with Gasteiger partial charge in [0, 0.05) is 5.69 Å². The lowest BCUT2D eigenvalue weighted by Gasteiger charge is -2.13. The van der Waals surface area contributed by atoms with Crippen LogP contribution in [-0.2, 0) is 0 Å². The molecule has 0 saturated heterocycles. The minimum Gasteiger partial charge on any atom is -0.375 e. The molecule has 1 aromatic carbocycles. The van der Waals surface area contributed by atoms with E-state index in [1.807, 2.05) is 26.0 Å². The predicted octanol–water partition coefficient (Wildman–Crippen LogP) is 1.55. The Hall–Kier alpha value is -2.42. The van der Waals surface area contributed by atoms with Crippen molar-refractivity contribution in [2.24, 2.45) is 0 Å². The van der Waals surface area contributed by atoms with Crippen molar-refractivity contribution in [3.63, 3.8) is 0 Å². The third-order valence-corrected chi connectivity index (χ3v) is 2.48. The fourth-order valence-electron chi connectivity index (χ4n) is 1.55. The van der Waals surface area contributed by atoms with E-state index < -0.39 is 0 Å². The number of aryl methyl sites for hydroxylation is 1.